The van der Waals surface area contributed by atoms with Gasteiger partial charge in [0.1, 0.15) is 5.75 Å². The van der Waals surface area contributed by atoms with E-state index in [4.69, 9.17) is 4.74 Å². The molecule has 5 nitrogen and oxygen atoms in total. The molecule has 0 radical (unpaired) electrons. The highest BCUT2D eigenvalue weighted by molar-refractivity contribution is 5.37. The highest BCUT2D eigenvalue weighted by Crippen LogP contribution is 2.13. The Kier molecular flexibility index (Phi) is 3.55. The number of aromatic amines is 1. The van der Waals surface area contributed by atoms with Gasteiger partial charge in [-0.15, -0.1) is 0 Å². The van der Waals surface area contributed by atoms with Crippen molar-refractivity contribution in [3.05, 3.63) is 76.5 Å². The molecule has 2 aromatic heterocycles. The van der Waals surface area contributed by atoms with Crippen molar-refractivity contribution >= 4 is 0 Å². The molecule has 0 bridgehead atoms. The summed E-state index contributed by atoms with van der Waals surface area (Å²) in [7, 11) is 1.61. The normalized spacial score (nSPS) is 10.5. The van der Waals surface area contributed by atoms with E-state index in [1.807, 2.05) is 36.4 Å². The molecule has 0 spiro atoms. The number of rotatable bonds is 4. The van der Waals surface area contributed by atoms with E-state index in [0.717, 1.165) is 22.7 Å². The van der Waals surface area contributed by atoms with Crippen LogP contribution < -0.4 is 10.3 Å². The van der Waals surface area contributed by atoms with E-state index < -0.39 is 0 Å². The molecule has 0 aliphatic rings. The molecule has 0 unspecified atom stereocenters. The number of methoxy groups -OCH3 is 1. The zero-order valence-electron chi connectivity index (χ0n) is 11.6. The van der Waals surface area contributed by atoms with Crippen molar-refractivity contribution in [2.24, 2.45) is 0 Å². The number of nitrogens with zero attached hydrogens (tertiary/aromatic N) is 2. The minimum Gasteiger partial charge on any atom is -0.497 e. The Morgan fingerprint density at radius 3 is 2.71 bits per heavy atom. The summed E-state index contributed by atoms with van der Waals surface area (Å²) in [6.07, 6.45) is 4.17. The monoisotopic (exact) mass is 281 g/mol. The lowest BCUT2D eigenvalue weighted by Crippen LogP contribution is -2.13. The highest BCUT2D eigenvalue weighted by Gasteiger charge is 2.06. The summed E-state index contributed by atoms with van der Waals surface area (Å²) in [5, 5.41) is 3.12. The summed E-state index contributed by atoms with van der Waals surface area (Å²) in [6.45, 7) is 0. The first-order chi connectivity index (χ1) is 10.3. The first kappa shape index (κ1) is 13.2. The predicted molar refractivity (Wildman–Crippen MR) is 80.0 cm³/mol. The lowest BCUT2D eigenvalue weighted by atomic mass is 10.2. The number of hydrogen-bond donors (Lipinski definition) is 1. The Morgan fingerprint density at radius 1 is 1.24 bits per heavy atom. The molecule has 21 heavy (non-hydrogen) atoms. The number of hydrogen-bond acceptors (Lipinski definition) is 3. The van der Waals surface area contributed by atoms with Crippen LogP contribution in [-0.2, 0) is 6.42 Å². The number of benzene rings is 1. The quantitative estimate of drug-likeness (QED) is 0.797. The minimum absolute atomic E-state index is 0.0842. The van der Waals surface area contributed by atoms with Gasteiger partial charge in [-0.2, -0.15) is 0 Å². The number of pyridine rings is 1. The van der Waals surface area contributed by atoms with Crippen molar-refractivity contribution in [3.8, 4) is 11.4 Å². The fraction of sp³-hybridized carbons (Fsp3) is 0.125. The van der Waals surface area contributed by atoms with E-state index >= 15 is 0 Å². The topological polar surface area (TPSA) is 59.9 Å². The molecule has 0 atom stereocenters. The van der Waals surface area contributed by atoms with Gasteiger partial charge in [-0.05, 0) is 35.9 Å². The molecule has 2 heterocycles. The van der Waals surface area contributed by atoms with Crippen molar-refractivity contribution in [2.45, 2.75) is 6.42 Å². The number of aromatic nitrogens is 3. The zero-order chi connectivity index (χ0) is 14.7. The van der Waals surface area contributed by atoms with E-state index in [1.54, 1.807) is 25.6 Å². The highest BCUT2D eigenvalue weighted by atomic mass is 16.5. The Bertz CT molecular complexity index is 773. The Balaban J connectivity index is 1.88. The number of ether oxygens (including phenoxy) is 1. The van der Waals surface area contributed by atoms with Crippen LogP contribution in [0.2, 0.25) is 0 Å². The summed E-state index contributed by atoms with van der Waals surface area (Å²) in [5.41, 5.74) is 2.60. The first-order valence-electron chi connectivity index (χ1n) is 6.60. The maximum Gasteiger partial charge on any atom is 0.271 e. The van der Waals surface area contributed by atoms with Gasteiger partial charge in [0.2, 0.25) is 0 Å². The van der Waals surface area contributed by atoms with Crippen LogP contribution in [0.3, 0.4) is 0 Å². The van der Waals surface area contributed by atoms with Gasteiger partial charge < -0.3 is 4.74 Å². The lowest BCUT2D eigenvalue weighted by Gasteiger charge is -2.04. The SMILES string of the molecule is COc1ccc(-n2[nH]c(Cc3cccnc3)cc2=O)cc1. The van der Waals surface area contributed by atoms with Crippen molar-refractivity contribution < 1.29 is 4.74 Å². The van der Waals surface area contributed by atoms with E-state index in [0.29, 0.717) is 6.42 Å². The van der Waals surface area contributed by atoms with Crippen LogP contribution in [0.5, 0.6) is 5.75 Å². The van der Waals surface area contributed by atoms with Gasteiger partial charge in [0.05, 0.1) is 12.8 Å². The Labute approximate surface area is 121 Å². The van der Waals surface area contributed by atoms with Gasteiger partial charge in [0.25, 0.3) is 5.56 Å². The van der Waals surface area contributed by atoms with Crippen LogP contribution in [0.4, 0.5) is 0 Å². The second-order valence-corrected chi connectivity index (χ2v) is 4.69. The van der Waals surface area contributed by atoms with Crippen molar-refractivity contribution in [1.82, 2.24) is 14.8 Å². The molecule has 1 aromatic carbocycles. The summed E-state index contributed by atoms with van der Waals surface area (Å²) in [6, 6.07) is 12.8. The van der Waals surface area contributed by atoms with E-state index in [1.165, 1.54) is 4.68 Å². The first-order valence-corrected chi connectivity index (χ1v) is 6.60. The molecule has 0 saturated heterocycles. The summed E-state index contributed by atoms with van der Waals surface area (Å²) < 4.78 is 6.63. The van der Waals surface area contributed by atoms with Gasteiger partial charge >= 0.3 is 0 Å². The molecule has 0 fully saturated rings. The van der Waals surface area contributed by atoms with Gasteiger partial charge in [0.15, 0.2) is 0 Å². The molecule has 5 heteroatoms. The van der Waals surface area contributed by atoms with Gasteiger partial charge in [-0.25, -0.2) is 4.68 Å². The standard InChI is InChI=1S/C16H15N3O2/c1-21-15-6-4-14(5-7-15)19-16(20)10-13(18-19)9-12-3-2-8-17-11-12/h2-8,10-11,18H,9H2,1H3. The van der Waals surface area contributed by atoms with E-state index in [-0.39, 0.29) is 5.56 Å². The van der Waals surface area contributed by atoms with Crippen LogP contribution in [-0.4, -0.2) is 21.9 Å². The molecule has 0 aliphatic carbocycles. The van der Waals surface area contributed by atoms with Crippen LogP contribution in [0.15, 0.2) is 59.7 Å². The maximum absolute atomic E-state index is 12.1. The molecule has 0 amide bonds. The number of H-pyrrole nitrogens is 1. The molecule has 1 N–H and O–H groups in total. The lowest BCUT2D eigenvalue weighted by molar-refractivity contribution is 0.414. The number of nitrogens with one attached hydrogen (secondary N) is 1. The Morgan fingerprint density at radius 2 is 2.05 bits per heavy atom. The second kappa shape index (κ2) is 5.66. The van der Waals surface area contributed by atoms with Gasteiger partial charge in [-0.3, -0.25) is 14.9 Å². The van der Waals surface area contributed by atoms with Crippen LogP contribution >= 0.6 is 0 Å². The van der Waals surface area contributed by atoms with E-state index in [2.05, 4.69) is 10.1 Å². The second-order valence-electron chi connectivity index (χ2n) is 4.69. The van der Waals surface area contributed by atoms with Gasteiger partial charge in [-0.1, -0.05) is 6.07 Å². The average Bonchev–Trinajstić information content (AvgIpc) is 2.89. The molecular weight excluding hydrogens is 266 g/mol. The zero-order valence-corrected chi connectivity index (χ0v) is 11.6. The maximum atomic E-state index is 12.1. The molecule has 0 aliphatic heterocycles. The molecule has 3 aromatic rings. The van der Waals surface area contributed by atoms with Crippen molar-refractivity contribution in [2.75, 3.05) is 7.11 Å². The third kappa shape index (κ3) is 2.86. The molecule has 106 valence electrons. The summed E-state index contributed by atoms with van der Waals surface area (Å²) >= 11 is 0. The Hall–Kier alpha value is -2.82. The molecule has 3 rings (SSSR count). The van der Waals surface area contributed by atoms with Crippen LogP contribution in [0, 0.1) is 0 Å². The average molecular weight is 281 g/mol. The summed E-state index contributed by atoms with van der Waals surface area (Å²) in [5.74, 6) is 0.758. The summed E-state index contributed by atoms with van der Waals surface area (Å²) in [4.78, 5) is 16.1. The minimum atomic E-state index is -0.0842. The van der Waals surface area contributed by atoms with Gasteiger partial charge in [0, 0.05) is 30.6 Å². The largest absolute Gasteiger partial charge is 0.497 e. The van der Waals surface area contributed by atoms with Crippen LogP contribution in [0.1, 0.15) is 11.3 Å². The van der Waals surface area contributed by atoms with Crippen molar-refractivity contribution in [3.63, 3.8) is 0 Å². The molecular formula is C16H15N3O2. The smallest absolute Gasteiger partial charge is 0.271 e. The van der Waals surface area contributed by atoms with E-state index in [9.17, 15) is 4.79 Å². The fourth-order valence-electron chi connectivity index (χ4n) is 2.18. The molecule has 0 saturated carbocycles. The van der Waals surface area contributed by atoms with Crippen LogP contribution in [0.25, 0.3) is 5.69 Å². The fourth-order valence-corrected chi connectivity index (χ4v) is 2.18. The third-order valence-electron chi connectivity index (χ3n) is 3.22. The third-order valence-corrected chi connectivity index (χ3v) is 3.22. The van der Waals surface area contributed by atoms with Crippen molar-refractivity contribution in [1.29, 1.82) is 0 Å². The predicted octanol–water partition coefficient (Wildman–Crippen LogP) is 2.16.